The van der Waals surface area contributed by atoms with Crippen LogP contribution in [-0.2, 0) is 17.5 Å². The maximum absolute atomic E-state index is 12.5. The van der Waals surface area contributed by atoms with E-state index < -0.39 is 11.7 Å². The number of rotatable bonds is 7. The number of imidazole rings is 1. The molecule has 0 bridgehead atoms. The van der Waals surface area contributed by atoms with E-state index in [0.717, 1.165) is 53.8 Å². The highest BCUT2D eigenvalue weighted by Gasteiger charge is 2.30. The second kappa shape index (κ2) is 8.64. The number of alkyl halides is 3. The third-order valence-electron chi connectivity index (χ3n) is 4.14. The highest BCUT2D eigenvalue weighted by Crippen LogP contribution is 2.29. The zero-order valence-corrected chi connectivity index (χ0v) is 16.0. The molecule has 0 saturated heterocycles. The Balaban J connectivity index is 1.42. The minimum atomic E-state index is -4.41. The van der Waals surface area contributed by atoms with Crippen molar-refractivity contribution in [1.29, 1.82) is 0 Å². The van der Waals surface area contributed by atoms with E-state index in [4.69, 9.17) is 0 Å². The fourth-order valence-corrected chi connectivity index (χ4v) is 3.44. The van der Waals surface area contributed by atoms with Crippen molar-refractivity contribution in [3.8, 4) is 0 Å². The molecule has 0 fully saturated rings. The number of aryl methyl sites for hydroxylation is 2. The van der Waals surface area contributed by atoms with Crippen LogP contribution in [0.2, 0.25) is 0 Å². The van der Waals surface area contributed by atoms with Gasteiger partial charge >= 0.3 is 6.18 Å². The van der Waals surface area contributed by atoms with E-state index in [0.29, 0.717) is 11.6 Å². The molecule has 5 nitrogen and oxygen atoms in total. The average molecular weight is 408 g/mol. The molecule has 1 N–H and O–H groups in total. The van der Waals surface area contributed by atoms with Crippen molar-refractivity contribution in [2.24, 2.45) is 0 Å². The lowest BCUT2D eigenvalue weighted by molar-refractivity contribution is -0.137. The number of thioether (sulfide) groups is 1. The van der Waals surface area contributed by atoms with Gasteiger partial charge in [0.25, 0.3) is 0 Å². The number of hydrogen-bond acceptors (Lipinski definition) is 4. The number of carbonyl (C=O) groups excluding carboxylic acids is 1. The van der Waals surface area contributed by atoms with Crippen LogP contribution in [0.15, 0.2) is 47.6 Å². The number of halogens is 3. The molecule has 3 rings (SSSR count). The number of nitrogens with one attached hydrogen (secondary N) is 1. The first kappa shape index (κ1) is 20.2. The lowest BCUT2D eigenvalue weighted by atomic mass is 10.3. The summed E-state index contributed by atoms with van der Waals surface area (Å²) in [4.78, 5) is 20.2. The molecular weight excluding hydrogens is 389 g/mol. The summed E-state index contributed by atoms with van der Waals surface area (Å²) >= 11 is 1.10. The predicted molar refractivity (Wildman–Crippen MR) is 102 cm³/mol. The Bertz CT molecular complexity index is 954. The standard InChI is InChI=1S/C19H19F3N4OS/c1-13-25-15-5-2-3-6-16(15)26(13)10-4-9-23-17(27)12-28-18-8-7-14(11-24-18)19(20,21)22/h2-3,5-8,11H,4,9-10,12H2,1H3,(H,23,27). The van der Waals surface area contributed by atoms with Gasteiger partial charge in [0.2, 0.25) is 5.91 Å². The Morgan fingerprint density at radius 3 is 2.71 bits per heavy atom. The third-order valence-corrected chi connectivity index (χ3v) is 5.08. The number of amides is 1. The van der Waals surface area contributed by atoms with Crippen molar-refractivity contribution in [3.05, 3.63) is 54.0 Å². The highest BCUT2D eigenvalue weighted by molar-refractivity contribution is 7.99. The Kier molecular flexibility index (Phi) is 6.23. The van der Waals surface area contributed by atoms with Gasteiger partial charge in [-0.1, -0.05) is 23.9 Å². The number of pyridine rings is 1. The monoisotopic (exact) mass is 408 g/mol. The zero-order valence-electron chi connectivity index (χ0n) is 15.2. The summed E-state index contributed by atoms with van der Waals surface area (Å²) in [6.45, 7) is 3.19. The van der Waals surface area contributed by atoms with Gasteiger partial charge in [-0.25, -0.2) is 9.97 Å². The largest absolute Gasteiger partial charge is 0.417 e. The van der Waals surface area contributed by atoms with E-state index in [-0.39, 0.29) is 11.7 Å². The number of para-hydroxylation sites is 2. The topological polar surface area (TPSA) is 59.8 Å². The normalized spacial score (nSPS) is 11.7. The van der Waals surface area contributed by atoms with Crippen LogP contribution in [-0.4, -0.2) is 32.7 Å². The second-order valence-electron chi connectivity index (χ2n) is 6.17. The Hall–Kier alpha value is -2.55. The summed E-state index contributed by atoms with van der Waals surface area (Å²) in [6.07, 6.45) is -2.89. The number of aromatic nitrogens is 3. The van der Waals surface area contributed by atoms with Gasteiger partial charge in [0.15, 0.2) is 0 Å². The highest BCUT2D eigenvalue weighted by atomic mass is 32.2. The van der Waals surface area contributed by atoms with E-state index in [1.54, 1.807) is 0 Å². The Labute approximate surface area is 164 Å². The number of fused-ring (bicyclic) bond motifs is 1. The van der Waals surface area contributed by atoms with Crippen LogP contribution in [0.3, 0.4) is 0 Å². The summed E-state index contributed by atoms with van der Waals surface area (Å²) < 4.78 is 39.6. The van der Waals surface area contributed by atoms with E-state index in [1.165, 1.54) is 6.07 Å². The van der Waals surface area contributed by atoms with E-state index in [1.807, 2.05) is 31.2 Å². The molecule has 0 unspecified atom stereocenters. The van der Waals surface area contributed by atoms with Crippen molar-refractivity contribution < 1.29 is 18.0 Å². The molecule has 3 aromatic rings. The summed E-state index contributed by atoms with van der Waals surface area (Å²) in [6, 6.07) is 10.1. The molecule has 9 heteroatoms. The van der Waals surface area contributed by atoms with Gasteiger partial charge in [0, 0.05) is 19.3 Å². The number of carbonyl (C=O) groups is 1. The lowest BCUT2D eigenvalue weighted by Crippen LogP contribution is -2.27. The summed E-state index contributed by atoms with van der Waals surface area (Å²) in [5.41, 5.74) is 1.21. The maximum Gasteiger partial charge on any atom is 0.417 e. The first-order valence-corrected chi connectivity index (χ1v) is 9.68. The molecule has 0 aliphatic carbocycles. The molecule has 2 heterocycles. The van der Waals surface area contributed by atoms with Gasteiger partial charge in [-0.2, -0.15) is 13.2 Å². The second-order valence-corrected chi connectivity index (χ2v) is 7.17. The van der Waals surface area contributed by atoms with E-state index >= 15 is 0 Å². The van der Waals surface area contributed by atoms with Crippen LogP contribution in [0.1, 0.15) is 17.8 Å². The van der Waals surface area contributed by atoms with Gasteiger partial charge in [-0.05, 0) is 37.6 Å². The molecule has 1 amide bonds. The quantitative estimate of drug-likeness (QED) is 0.473. The van der Waals surface area contributed by atoms with Crippen LogP contribution in [0, 0.1) is 6.92 Å². The molecule has 0 radical (unpaired) electrons. The lowest BCUT2D eigenvalue weighted by Gasteiger charge is -2.09. The molecule has 0 atom stereocenters. The van der Waals surface area contributed by atoms with Crippen LogP contribution >= 0.6 is 11.8 Å². The number of hydrogen-bond donors (Lipinski definition) is 1. The molecule has 0 spiro atoms. The summed E-state index contributed by atoms with van der Waals surface area (Å²) in [5, 5.41) is 3.20. The molecule has 2 aromatic heterocycles. The molecule has 28 heavy (non-hydrogen) atoms. The first-order chi connectivity index (χ1) is 13.3. The third kappa shape index (κ3) is 5.03. The van der Waals surface area contributed by atoms with Gasteiger partial charge in [0.05, 0.1) is 27.4 Å². The predicted octanol–water partition coefficient (Wildman–Crippen LogP) is 4.06. The molecule has 1 aromatic carbocycles. The van der Waals surface area contributed by atoms with Crippen LogP contribution in [0.5, 0.6) is 0 Å². The average Bonchev–Trinajstić information content (AvgIpc) is 2.98. The molecule has 0 aliphatic heterocycles. The van der Waals surface area contributed by atoms with Crippen molar-refractivity contribution in [3.63, 3.8) is 0 Å². The molecule has 148 valence electrons. The van der Waals surface area contributed by atoms with Crippen molar-refractivity contribution in [1.82, 2.24) is 19.9 Å². The van der Waals surface area contributed by atoms with Crippen LogP contribution in [0.4, 0.5) is 13.2 Å². The van der Waals surface area contributed by atoms with Gasteiger partial charge in [-0.3, -0.25) is 4.79 Å². The fourth-order valence-electron chi connectivity index (χ4n) is 2.77. The van der Waals surface area contributed by atoms with Crippen molar-refractivity contribution in [2.75, 3.05) is 12.3 Å². The minimum absolute atomic E-state index is 0.103. The van der Waals surface area contributed by atoms with Crippen LogP contribution < -0.4 is 5.32 Å². The zero-order chi connectivity index (χ0) is 20.1. The summed E-state index contributed by atoms with van der Waals surface area (Å²) in [7, 11) is 0. The smallest absolute Gasteiger partial charge is 0.355 e. The Morgan fingerprint density at radius 2 is 2.00 bits per heavy atom. The number of nitrogens with zero attached hydrogens (tertiary/aromatic N) is 3. The summed E-state index contributed by atoms with van der Waals surface area (Å²) in [5.74, 6) is 0.848. The first-order valence-electron chi connectivity index (χ1n) is 8.69. The van der Waals surface area contributed by atoms with Gasteiger partial charge in [-0.15, -0.1) is 0 Å². The molecule has 0 aliphatic rings. The van der Waals surface area contributed by atoms with Crippen molar-refractivity contribution in [2.45, 2.75) is 31.1 Å². The Morgan fingerprint density at radius 1 is 1.21 bits per heavy atom. The molecule has 0 saturated carbocycles. The fraction of sp³-hybridized carbons (Fsp3) is 0.316. The van der Waals surface area contributed by atoms with Crippen molar-refractivity contribution >= 4 is 28.7 Å². The van der Waals surface area contributed by atoms with Gasteiger partial charge in [0.1, 0.15) is 5.82 Å². The van der Waals surface area contributed by atoms with Gasteiger partial charge < -0.3 is 9.88 Å². The minimum Gasteiger partial charge on any atom is -0.355 e. The van der Waals surface area contributed by atoms with E-state index in [9.17, 15) is 18.0 Å². The number of benzene rings is 1. The maximum atomic E-state index is 12.5. The van der Waals surface area contributed by atoms with Crippen LogP contribution in [0.25, 0.3) is 11.0 Å². The SMILES string of the molecule is Cc1nc2ccccc2n1CCCNC(=O)CSc1ccc(C(F)(F)F)cn1. The molecular formula is C19H19F3N4OS. The van der Waals surface area contributed by atoms with E-state index in [2.05, 4.69) is 19.9 Å².